The van der Waals surface area contributed by atoms with E-state index in [1.54, 1.807) is 11.8 Å². The summed E-state index contributed by atoms with van der Waals surface area (Å²) in [5, 5.41) is 4.13. The number of nitrogens with zero attached hydrogens (tertiary/aromatic N) is 2. The number of carbonyl (C=O) groups is 1. The molecule has 2 aromatic carbocycles. The summed E-state index contributed by atoms with van der Waals surface area (Å²) in [6.45, 7) is 2.65. The Balaban J connectivity index is 0.00000160. The highest BCUT2D eigenvalue weighted by Crippen LogP contribution is 2.26. The van der Waals surface area contributed by atoms with Gasteiger partial charge in [-0.2, -0.15) is 0 Å². The molecule has 1 unspecified atom stereocenters. The number of H-pyrrole nitrogens is 1. The largest absolute Gasteiger partial charge is 0.338 e. The van der Waals surface area contributed by atoms with Crippen molar-refractivity contribution in [1.82, 2.24) is 20.2 Å². The van der Waals surface area contributed by atoms with E-state index < -0.39 is 0 Å². The highest BCUT2D eigenvalue weighted by atomic mass is 35.5. The number of thioether (sulfide) groups is 1. The van der Waals surface area contributed by atoms with Crippen LogP contribution in [0, 0.1) is 5.92 Å². The lowest BCUT2D eigenvalue weighted by atomic mass is 9.97. The molecule has 1 aromatic heterocycles. The minimum atomic E-state index is 0. The number of fused-ring (bicyclic) bond motifs is 1. The number of aromatic amines is 1. The summed E-state index contributed by atoms with van der Waals surface area (Å²) >= 11 is 1.64. The molecule has 0 aliphatic carbocycles. The number of nitrogens with one attached hydrogen (secondary N) is 2. The van der Waals surface area contributed by atoms with Gasteiger partial charge in [-0.25, -0.2) is 4.98 Å². The molecule has 1 atom stereocenters. The first-order valence-corrected chi connectivity index (χ1v) is 10.8. The van der Waals surface area contributed by atoms with Gasteiger partial charge in [0, 0.05) is 24.4 Å². The van der Waals surface area contributed by atoms with Gasteiger partial charge in [0.1, 0.15) is 0 Å². The summed E-state index contributed by atoms with van der Waals surface area (Å²) in [5.74, 6) is 1.41. The number of amides is 1. The molecule has 0 bridgehead atoms. The van der Waals surface area contributed by atoms with Crippen LogP contribution in [-0.2, 0) is 5.75 Å². The molecule has 1 amide bonds. The Morgan fingerprint density at radius 3 is 2.77 bits per heavy atom. The van der Waals surface area contributed by atoms with Gasteiger partial charge in [0.15, 0.2) is 5.16 Å². The average molecular weight is 467 g/mol. The number of hydrogen-bond donors (Lipinski definition) is 2. The number of rotatable bonds is 6. The predicted molar refractivity (Wildman–Crippen MR) is 129 cm³/mol. The number of hydrogen-bond acceptors (Lipinski definition) is 4. The number of benzene rings is 2. The van der Waals surface area contributed by atoms with Crippen molar-refractivity contribution in [3.05, 3.63) is 59.7 Å². The second-order valence-corrected chi connectivity index (χ2v) is 8.29. The molecule has 30 heavy (non-hydrogen) atoms. The SMILES string of the molecule is CNCC1CCCN(C(=O)c2ccccc2CSc2nc3ccccc3[nH]2)C1.Cl.Cl. The summed E-state index contributed by atoms with van der Waals surface area (Å²) in [5.41, 5.74) is 3.89. The molecule has 1 saturated heterocycles. The molecule has 1 aliphatic heterocycles. The van der Waals surface area contributed by atoms with Gasteiger partial charge in [0.2, 0.25) is 0 Å². The summed E-state index contributed by atoms with van der Waals surface area (Å²) in [4.78, 5) is 23.2. The van der Waals surface area contributed by atoms with Crippen LogP contribution in [0.25, 0.3) is 11.0 Å². The fourth-order valence-corrected chi connectivity index (χ4v) is 4.76. The second-order valence-electron chi connectivity index (χ2n) is 7.32. The number of imidazole rings is 1. The van der Waals surface area contributed by atoms with E-state index in [1.165, 1.54) is 6.42 Å². The highest BCUT2D eigenvalue weighted by molar-refractivity contribution is 7.98. The van der Waals surface area contributed by atoms with E-state index in [1.807, 2.05) is 54.4 Å². The highest BCUT2D eigenvalue weighted by Gasteiger charge is 2.25. The molecular formula is C22H28Cl2N4OS. The van der Waals surface area contributed by atoms with Crippen LogP contribution in [0.3, 0.4) is 0 Å². The van der Waals surface area contributed by atoms with Gasteiger partial charge < -0.3 is 15.2 Å². The van der Waals surface area contributed by atoms with Crippen LogP contribution in [0.4, 0.5) is 0 Å². The van der Waals surface area contributed by atoms with Crippen LogP contribution in [0.1, 0.15) is 28.8 Å². The molecule has 5 nitrogen and oxygen atoms in total. The van der Waals surface area contributed by atoms with Gasteiger partial charge in [-0.15, -0.1) is 24.8 Å². The van der Waals surface area contributed by atoms with Crippen LogP contribution in [-0.4, -0.2) is 47.5 Å². The fourth-order valence-electron chi connectivity index (χ4n) is 3.87. The number of piperidine rings is 1. The third kappa shape index (κ3) is 5.70. The number of aromatic nitrogens is 2. The smallest absolute Gasteiger partial charge is 0.254 e. The van der Waals surface area contributed by atoms with Crippen molar-refractivity contribution in [2.24, 2.45) is 5.92 Å². The third-order valence-corrected chi connectivity index (χ3v) is 6.20. The van der Waals surface area contributed by atoms with E-state index in [0.29, 0.717) is 5.92 Å². The fraction of sp³-hybridized carbons (Fsp3) is 0.364. The Labute approximate surface area is 194 Å². The van der Waals surface area contributed by atoms with Crippen molar-refractivity contribution in [1.29, 1.82) is 0 Å². The molecule has 1 fully saturated rings. The number of likely N-dealkylation sites (tertiary alicyclic amines) is 1. The van der Waals surface area contributed by atoms with Crippen molar-refractivity contribution >= 4 is 53.5 Å². The molecule has 0 saturated carbocycles. The first kappa shape index (κ1) is 24.5. The third-order valence-electron chi connectivity index (χ3n) is 5.28. The molecule has 0 spiro atoms. The Morgan fingerprint density at radius 2 is 1.97 bits per heavy atom. The zero-order chi connectivity index (χ0) is 19.3. The van der Waals surface area contributed by atoms with Crippen LogP contribution >= 0.6 is 36.6 Å². The first-order chi connectivity index (χ1) is 13.7. The summed E-state index contributed by atoms with van der Waals surface area (Å²) in [6.07, 6.45) is 2.27. The lowest BCUT2D eigenvalue weighted by Crippen LogP contribution is -2.42. The molecule has 3 aromatic rings. The van der Waals surface area contributed by atoms with Gasteiger partial charge in [-0.1, -0.05) is 42.1 Å². The molecule has 162 valence electrons. The van der Waals surface area contributed by atoms with Crippen LogP contribution in [0.2, 0.25) is 0 Å². The predicted octanol–water partition coefficient (Wildman–Crippen LogP) is 4.77. The Hall–Kier alpha value is -1.73. The van der Waals surface area contributed by atoms with E-state index in [0.717, 1.165) is 59.1 Å². The minimum Gasteiger partial charge on any atom is -0.338 e. The number of carbonyl (C=O) groups excluding carboxylic acids is 1. The van der Waals surface area contributed by atoms with Crippen molar-refractivity contribution < 1.29 is 4.79 Å². The van der Waals surface area contributed by atoms with Gasteiger partial charge in [-0.3, -0.25) is 4.79 Å². The zero-order valence-electron chi connectivity index (χ0n) is 17.0. The maximum Gasteiger partial charge on any atom is 0.254 e. The summed E-state index contributed by atoms with van der Waals surface area (Å²) in [7, 11) is 1.98. The van der Waals surface area contributed by atoms with Crippen LogP contribution in [0.15, 0.2) is 53.7 Å². The molecule has 1 aliphatic rings. The lowest BCUT2D eigenvalue weighted by molar-refractivity contribution is 0.0673. The number of para-hydroxylation sites is 2. The van der Waals surface area contributed by atoms with Gasteiger partial charge >= 0.3 is 0 Å². The Kier molecular flexibility index (Phi) is 9.49. The normalized spacial score (nSPS) is 16.0. The lowest BCUT2D eigenvalue weighted by Gasteiger charge is -2.33. The van der Waals surface area contributed by atoms with Crippen molar-refractivity contribution in [3.8, 4) is 0 Å². The first-order valence-electron chi connectivity index (χ1n) is 9.84. The van der Waals surface area contributed by atoms with E-state index in [4.69, 9.17) is 0 Å². The van der Waals surface area contributed by atoms with Crippen molar-refractivity contribution in [2.45, 2.75) is 23.8 Å². The molecule has 0 radical (unpaired) electrons. The Morgan fingerprint density at radius 1 is 1.20 bits per heavy atom. The molecule has 8 heteroatoms. The van der Waals surface area contributed by atoms with E-state index in [9.17, 15) is 4.79 Å². The van der Waals surface area contributed by atoms with Gasteiger partial charge in [0.25, 0.3) is 5.91 Å². The van der Waals surface area contributed by atoms with Crippen LogP contribution < -0.4 is 5.32 Å². The maximum absolute atomic E-state index is 13.2. The summed E-state index contributed by atoms with van der Waals surface area (Å²) < 4.78 is 0. The molecule has 2 heterocycles. The monoisotopic (exact) mass is 466 g/mol. The maximum atomic E-state index is 13.2. The standard InChI is InChI=1S/C22H26N4OS.2ClH/c1-23-13-16-7-6-12-26(14-16)21(27)18-9-3-2-8-17(18)15-28-22-24-19-10-4-5-11-20(19)25-22;;/h2-5,8-11,16,23H,6-7,12-15H2,1H3,(H,24,25);2*1H. The van der Waals surface area contributed by atoms with Gasteiger partial charge in [0.05, 0.1) is 11.0 Å². The zero-order valence-corrected chi connectivity index (χ0v) is 19.4. The Bertz CT molecular complexity index is 930. The van der Waals surface area contributed by atoms with Gasteiger partial charge in [-0.05, 0) is 56.1 Å². The quantitative estimate of drug-likeness (QED) is 0.513. The molecule has 4 rings (SSSR count). The molecular weight excluding hydrogens is 439 g/mol. The summed E-state index contributed by atoms with van der Waals surface area (Å²) in [6, 6.07) is 16.0. The second kappa shape index (κ2) is 11.6. The topological polar surface area (TPSA) is 61.0 Å². The minimum absolute atomic E-state index is 0. The van der Waals surface area contributed by atoms with Crippen molar-refractivity contribution in [2.75, 3.05) is 26.7 Å². The van der Waals surface area contributed by atoms with E-state index >= 15 is 0 Å². The van der Waals surface area contributed by atoms with Crippen LogP contribution in [0.5, 0.6) is 0 Å². The molecule has 2 N–H and O–H groups in total. The average Bonchev–Trinajstić information content (AvgIpc) is 3.15. The van der Waals surface area contributed by atoms with E-state index in [-0.39, 0.29) is 30.7 Å². The van der Waals surface area contributed by atoms with E-state index in [2.05, 4.69) is 21.4 Å². The van der Waals surface area contributed by atoms with Crippen molar-refractivity contribution in [3.63, 3.8) is 0 Å². The number of halogens is 2.